The summed E-state index contributed by atoms with van der Waals surface area (Å²) in [5.41, 5.74) is 1.30. The topological polar surface area (TPSA) is 35.5 Å². The number of benzene rings is 1. The first-order valence-electron chi connectivity index (χ1n) is 7.15. The largest absolute Gasteiger partial charge is 0.494 e. The summed E-state index contributed by atoms with van der Waals surface area (Å²) >= 11 is 0. The van der Waals surface area contributed by atoms with Crippen LogP contribution in [0.2, 0.25) is 0 Å². The first-order chi connectivity index (χ1) is 10.1. The molecule has 0 amide bonds. The van der Waals surface area contributed by atoms with Crippen LogP contribution in [0.15, 0.2) is 36.4 Å². The van der Waals surface area contributed by atoms with Crippen LogP contribution in [0.25, 0.3) is 0 Å². The van der Waals surface area contributed by atoms with E-state index in [1.165, 1.54) is 0 Å². The molecule has 1 aromatic carbocycles. The van der Waals surface area contributed by atoms with Crippen molar-refractivity contribution in [3.05, 3.63) is 42.0 Å². The van der Waals surface area contributed by atoms with E-state index in [-0.39, 0.29) is 5.97 Å². The summed E-state index contributed by atoms with van der Waals surface area (Å²) in [4.78, 5) is 11.1. The van der Waals surface area contributed by atoms with Gasteiger partial charge in [0.15, 0.2) is 0 Å². The third kappa shape index (κ3) is 7.22. The Morgan fingerprint density at radius 3 is 2.33 bits per heavy atom. The van der Waals surface area contributed by atoms with Crippen LogP contribution in [0.3, 0.4) is 0 Å². The van der Waals surface area contributed by atoms with E-state index >= 15 is 0 Å². The summed E-state index contributed by atoms with van der Waals surface area (Å²) in [7, 11) is 0. The smallest absolute Gasteiger partial charge is 0.333 e. The number of terminal acetylenes is 1. The summed E-state index contributed by atoms with van der Waals surface area (Å²) in [6, 6.07) is 7.50. The van der Waals surface area contributed by atoms with E-state index in [1.54, 1.807) is 6.92 Å². The Morgan fingerprint density at radius 1 is 1.14 bits per heavy atom. The lowest BCUT2D eigenvalue weighted by Crippen LogP contribution is -2.06. The normalized spacial score (nSPS) is 9.71. The minimum atomic E-state index is -0.311. The van der Waals surface area contributed by atoms with E-state index in [0.29, 0.717) is 18.8 Å². The number of unbranched alkanes of at least 4 members (excludes halogenated alkanes) is 3. The van der Waals surface area contributed by atoms with Crippen molar-refractivity contribution in [2.45, 2.75) is 32.6 Å². The number of esters is 1. The average molecular weight is 286 g/mol. The summed E-state index contributed by atoms with van der Waals surface area (Å²) in [5.74, 6) is 3.09. The van der Waals surface area contributed by atoms with Crippen LogP contribution in [0, 0.1) is 12.3 Å². The van der Waals surface area contributed by atoms with Gasteiger partial charge in [0.2, 0.25) is 0 Å². The molecule has 0 bridgehead atoms. The van der Waals surface area contributed by atoms with Gasteiger partial charge >= 0.3 is 5.97 Å². The second-order valence-electron chi connectivity index (χ2n) is 4.85. The third-order valence-corrected chi connectivity index (χ3v) is 2.91. The fourth-order valence-corrected chi connectivity index (χ4v) is 1.68. The van der Waals surface area contributed by atoms with E-state index in [4.69, 9.17) is 15.9 Å². The Bertz CT molecular complexity index is 494. The molecule has 0 aromatic heterocycles. The molecule has 112 valence electrons. The van der Waals surface area contributed by atoms with Gasteiger partial charge in [0, 0.05) is 11.1 Å². The van der Waals surface area contributed by atoms with Crippen molar-refractivity contribution in [2.75, 3.05) is 13.2 Å². The highest BCUT2D eigenvalue weighted by molar-refractivity contribution is 5.86. The van der Waals surface area contributed by atoms with E-state index in [1.807, 2.05) is 24.3 Å². The summed E-state index contributed by atoms with van der Waals surface area (Å²) in [6.07, 6.45) is 9.20. The van der Waals surface area contributed by atoms with Gasteiger partial charge in [0.1, 0.15) is 5.75 Å². The summed E-state index contributed by atoms with van der Waals surface area (Å²) in [6.45, 7) is 6.32. The Balaban J connectivity index is 2.01. The molecule has 1 rings (SSSR count). The van der Waals surface area contributed by atoms with Crippen LogP contribution in [0.5, 0.6) is 5.75 Å². The number of carbonyl (C=O) groups is 1. The number of carbonyl (C=O) groups excluding carboxylic acids is 1. The molecule has 0 aliphatic carbocycles. The molecule has 0 aliphatic rings. The molecule has 1 aromatic rings. The van der Waals surface area contributed by atoms with Gasteiger partial charge in [-0.15, -0.1) is 6.42 Å². The standard InChI is InChI=1S/C18H22O3/c1-4-16-9-11-17(12-10-16)20-13-7-5-6-8-14-21-18(19)15(2)3/h1,9-12H,2,5-8,13-14H2,3H3. The molecular formula is C18H22O3. The van der Waals surface area contributed by atoms with Gasteiger partial charge in [0.05, 0.1) is 13.2 Å². The number of rotatable bonds is 9. The lowest BCUT2D eigenvalue weighted by molar-refractivity contribution is -0.139. The molecule has 0 saturated carbocycles. The van der Waals surface area contributed by atoms with Crippen molar-refractivity contribution in [3.8, 4) is 18.1 Å². The number of ether oxygens (including phenoxy) is 2. The van der Waals surface area contributed by atoms with Crippen molar-refractivity contribution in [3.63, 3.8) is 0 Å². The average Bonchev–Trinajstić information content (AvgIpc) is 2.50. The van der Waals surface area contributed by atoms with Crippen molar-refractivity contribution in [1.29, 1.82) is 0 Å². The molecule has 21 heavy (non-hydrogen) atoms. The first kappa shape index (κ1) is 16.8. The Labute approximate surface area is 127 Å². The van der Waals surface area contributed by atoms with Crippen molar-refractivity contribution in [1.82, 2.24) is 0 Å². The molecular weight excluding hydrogens is 264 g/mol. The maximum Gasteiger partial charge on any atom is 0.333 e. The minimum absolute atomic E-state index is 0.311. The van der Waals surface area contributed by atoms with Gasteiger partial charge in [-0.1, -0.05) is 12.5 Å². The summed E-state index contributed by atoms with van der Waals surface area (Å²) < 4.78 is 10.6. The number of hydrogen-bond donors (Lipinski definition) is 0. The van der Waals surface area contributed by atoms with Gasteiger partial charge in [-0.25, -0.2) is 4.79 Å². The van der Waals surface area contributed by atoms with Gasteiger partial charge < -0.3 is 9.47 Å². The Kier molecular flexibility index (Phi) is 7.74. The van der Waals surface area contributed by atoms with Crippen molar-refractivity contribution >= 4 is 5.97 Å². The fourth-order valence-electron chi connectivity index (χ4n) is 1.68. The predicted octanol–water partition coefficient (Wildman–Crippen LogP) is 3.73. The zero-order valence-electron chi connectivity index (χ0n) is 12.6. The lowest BCUT2D eigenvalue weighted by atomic mass is 10.2. The van der Waals surface area contributed by atoms with Crippen molar-refractivity contribution in [2.24, 2.45) is 0 Å². The molecule has 0 heterocycles. The molecule has 0 fully saturated rings. The maximum absolute atomic E-state index is 11.1. The SMILES string of the molecule is C#Cc1ccc(OCCCCCCOC(=O)C(=C)C)cc1. The maximum atomic E-state index is 11.1. The lowest BCUT2D eigenvalue weighted by Gasteiger charge is -2.06. The predicted molar refractivity (Wildman–Crippen MR) is 84.1 cm³/mol. The molecule has 0 N–H and O–H groups in total. The van der Waals surface area contributed by atoms with E-state index in [0.717, 1.165) is 37.0 Å². The van der Waals surface area contributed by atoms with Crippen LogP contribution < -0.4 is 4.74 Å². The van der Waals surface area contributed by atoms with Gasteiger partial charge in [0.25, 0.3) is 0 Å². The Morgan fingerprint density at radius 2 is 1.76 bits per heavy atom. The molecule has 0 spiro atoms. The summed E-state index contributed by atoms with van der Waals surface area (Å²) in [5, 5.41) is 0. The zero-order valence-corrected chi connectivity index (χ0v) is 12.6. The second-order valence-corrected chi connectivity index (χ2v) is 4.85. The zero-order chi connectivity index (χ0) is 15.5. The molecule has 3 nitrogen and oxygen atoms in total. The molecule has 0 unspecified atom stereocenters. The van der Waals surface area contributed by atoms with Gasteiger partial charge in [-0.3, -0.25) is 0 Å². The monoisotopic (exact) mass is 286 g/mol. The highest BCUT2D eigenvalue weighted by atomic mass is 16.5. The Hall–Kier alpha value is -2.21. The fraction of sp³-hybridized carbons (Fsp3) is 0.389. The molecule has 0 atom stereocenters. The first-order valence-corrected chi connectivity index (χ1v) is 7.15. The van der Waals surface area contributed by atoms with E-state index < -0.39 is 0 Å². The highest BCUT2D eigenvalue weighted by Crippen LogP contribution is 2.12. The van der Waals surface area contributed by atoms with Gasteiger partial charge in [-0.2, -0.15) is 0 Å². The highest BCUT2D eigenvalue weighted by Gasteiger charge is 2.01. The number of hydrogen-bond acceptors (Lipinski definition) is 3. The van der Waals surface area contributed by atoms with Crippen LogP contribution in [0.1, 0.15) is 38.2 Å². The van der Waals surface area contributed by atoms with Crippen LogP contribution in [0.4, 0.5) is 0 Å². The molecule has 0 radical (unpaired) electrons. The van der Waals surface area contributed by atoms with Crippen LogP contribution >= 0.6 is 0 Å². The van der Waals surface area contributed by atoms with Gasteiger partial charge in [-0.05, 0) is 56.9 Å². The molecule has 0 saturated heterocycles. The minimum Gasteiger partial charge on any atom is -0.494 e. The van der Waals surface area contributed by atoms with Crippen LogP contribution in [-0.2, 0) is 9.53 Å². The third-order valence-electron chi connectivity index (χ3n) is 2.91. The van der Waals surface area contributed by atoms with E-state index in [2.05, 4.69) is 12.5 Å². The molecule has 3 heteroatoms. The van der Waals surface area contributed by atoms with Crippen LogP contribution in [-0.4, -0.2) is 19.2 Å². The van der Waals surface area contributed by atoms with Crippen molar-refractivity contribution < 1.29 is 14.3 Å². The van der Waals surface area contributed by atoms with E-state index in [9.17, 15) is 4.79 Å². The molecule has 0 aliphatic heterocycles. The second kappa shape index (κ2) is 9.66. The quantitative estimate of drug-likeness (QED) is 0.300.